The van der Waals surface area contributed by atoms with E-state index >= 15 is 0 Å². The molecule has 0 aromatic carbocycles. The zero-order valence-electron chi connectivity index (χ0n) is 15.8. The second-order valence-electron chi connectivity index (χ2n) is 7.09. The van der Waals surface area contributed by atoms with E-state index in [0.717, 1.165) is 0 Å². The van der Waals surface area contributed by atoms with Gasteiger partial charge in [0, 0.05) is 38.0 Å². The number of Topliss-reactive ketones (excluding diaryl/α,β-unsaturated/α-hetero) is 1. The number of hydrogen-bond donors (Lipinski definition) is 1. The highest BCUT2D eigenvalue weighted by atomic mass is 16.5. The van der Waals surface area contributed by atoms with Crippen LogP contribution in [0.25, 0.3) is 0 Å². The van der Waals surface area contributed by atoms with Crippen LogP contribution in [0.1, 0.15) is 67.2 Å². The van der Waals surface area contributed by atoms with Gasteiger partial charge in [-0.1, -0.05) is 20.8 Å². The summed E-state index contributed by atoms with van der Waals surface area (Å²) in [7, 11) is 0. The number of hydrogen-bond acceptors (Lipinski definition) is 4. The summed E-state index contributed by atoms with van der Waals surface area (Å²) in [4.78, 5) is 23.6. The molecule has 23 heavy (non-hydrogen) atoms. The third-order valence-electron chi connectivity index (χ3n) is 3.97. The predicted octanol–water partition coefficient (Wildman–Crippen LogP) is 3.11. The summed E-state index contributed by atoms with van der Waals surface area (Å²) >= 11 is 0. The lowest BCUT2D eigenvalue weighted by molar-refractivity contribution is -0.131. The Morgan fingerprint density at radius 1 is 1.00 bits per heavy atom. The highest BCUT2D eigenvalue weighted by Gasteiger charge is 2.28. The van der Waals surface area contributed by atoms with Crippen molar-refractivity contribution in [2.24, 2.45) is 5.41 Å². The summed E-state index contributed by atoms with van der Waals surface area (Å²) in [5.41, 5.74) is -0.826. The van der Waals surface area contributed by atoms with E-state index in [1.165, 1.54) is 0 Å². The van der Waals surface area contributed by atoms with E-state index in [2.05, 4.69) is 5.32 Å². The molecule has 5 heteroatoms. The highest BCUT2D eigenvalue weighted by Crippen LogP contribution is 2.24. The third-order valence-corrected chi connectivity index (χ3v) is 3.97. The van der Waals surface area contributed by atoms with Crippen LogP contribution in [0, 0.1) is 5.41 Å². The van der Waals surface area contributed by atoms with Crippen LogP contribution in [0.5, 0.6) is 0 Å². The molecule has 5 nitrogen and oxygen atoms in total. The monoisotopic (exact) mass is 329 g/mol. The first kappa shape index (κ1) is 22.1. The SMILES string of the molecule is CCOCCNC(=O)C(C)(C)CCOC(C)(C)CCC(=O)CC. The van der Waals surface area contributed by atoms with Gasteiger partial charge in [-0.2, -0.15) is 0 Å². The van der Waals surface area contributed by atoms with Crippen LogP contribution in [0.3, 0.4) is 0 Å². The van der Waals surface area contributed by atoms with Gasteiger partial charge in [0.2, 0.25) is 5.91 Å². The fraction of sp³-hybridized carbons (Fsp3) is 0.889. The number of nitrogens with one attached hydrogen (secondary N) is 1. The van der Waals surface area contributed by atoms with Crippen molar-refractivity contribution in [3.05, 3.63) is 0 Å². The van der Waals surface area contributed by atoms with E-state index in [1.807, 2.05) is 41.5 Å². The van der Waals surface area contributed by atoms with Crippen molar-refractivity contribution >= 4 is 11.7 Å². The van der Waals surface area contributed by atoms with Gasteiger partial charge >= 0.3 is 0 Å². The molecule has 1 amide bonds. The summed E-state index contributed by atoms with van der Waals surface area (Å²) < 4.78 is 11.1. The lowest BCUT2D eigenvalue weighted by atomic mass is 9.88. The molecule has 0 fully saturated rings. The summed E-state index contributed by atoms with van der Waals surface area (Å²) in [5.74, 6) is 0.274. The van der Waals surface area contributed by atoms with Crippen molar-refractivity contribution in [3.63, 3.8) is 0 Å². The Balaban J connectivity index is 4.11. The Hall–Kier alpha value is -0.940. The average molecular weight is 329 g/mol. The maximum Gasteiger partial charge on any atom is 0.225 e. The molecule has 0 aromatic heterocycles. The van der Waals surface area contributed by atoms with Gasteiger partial charge in [-0.3, -0.25) is 9.59 Å². The molecule has 0 rings (SSSR count). The first-order valence-corrected chi connectivity index (χ1v) is 8.66. The molecule has 0 atom stereocenters. The molecular weight excluding hydrogens is 294 g/mol. The van der Waals surface area contributed by atoms with Crippen molar-refractivity contribution in [1.29, 1.82) is 0 Å². The Bertz CT molecular complexity index is 364. The lowest BCUT2D eigenvalue weighted by Gasteiger charge is -2.29. The van der Waals surface area contributed by atoms with Crippen molar-refractivity contribution in [1.82, 2.24) is 5.32 Å². The number of ether oxygens (including phenoxy) is 2. The molecule has 0 aliphatic rings. The smallest absolute Gasteiger partial charge is 0.225 e. The van der Waals surface area contributed by atoms with Crippen LogP contribution in [0.4, 0.5) is 0 Å². The van der Waals surface area contributed by atoms with Crippen LogP contribution >= 0.6 is 0 Å². The number of ketones is 1. The standard InChI is InChI=1S/C18H35NO4/c1-7-15(20)9-10-18(5,6)23-13-11-17(3,4)16(21)19-12-14-22-8-2/h7-14H2,1-6H3,(H,19,21). The molecular formula is C18H35NO4. The molecule has 0 saturated heterocycles. The van der Waals surface area contributed by atoms with E-state index in [4.69, 9.17) is 9.47 Å². The molecule has 1 N–H and O–H groups in total. The maximum atomic E-state index is 12.2. The number of amides is 1. The van der Waals surface area contributed by atoms with Crippen LogP contribution < -0.4 is 5.32 Å². The maximum absolute atomic E-state index is 12.2. The molecule has 0 radical (unpaired) electrons. The number of carbonyl (C=O) groups excluding carboxylic acids is 2. The molecule has 0 aliphatic carbocycles. The Morgan fingerprint density at radius 3 is 2.22 bits per heavy atom. The van der Waals surface area contributed by atoms with Crippen molar-refractivity contribution in [2.75, 3.05) is 26.4 Å². The molecule has 0 bridgehead atoms. The fourth-order valence-corrected chi connectivity index (χ4v) is 2.01. The minimum atomic E-state index is -0.485. The van der Waals surface area contributed by atoms with Gasteiger partial charge in [-0.15, -0.1) is 0 Å². The normalized spacial score (nSPS) is 12.3. The quantitative estimate of drug-likeness (QED) is 0.527. The first-order chi connectivity index (χ1) is 10.6. The molecule has 0 unspecified atom stereocenters. The second kappa shape index (κ2) is 10.8. The molecule has 0 spiro atoms. The number of carbonyl (C=O) groups is 2. The van der Waals surface area contributed by atoms with Crippen LogP contribution in [0.15, 0.2) is 0 Å². The van der Waals surface area contributed by atoms with Crippen molar-refractivity contribution in [2.45, 2.75) is 72.8 Å². The van der Waals surface area contributed by atoms with E-state index in [0.29, 0.717) is 52.0 Å². The van der Waals surface area contributed by atoms with Crippen LogP contribution in [-0.2, 0) is 19.1 Å². The predicted molar refractivity (Wildman–Crippen MR) is 92.5 cm³/mol. The van der Waals surface area contributed by atoms with Gasteiger partial charge in [0.1, 0.15) is 5.78 Å². The number of rotatable bonds is 13. The summed E-state index contributed by atoms with van der Waals surface area (Å²) in [6.45, 7) is 13.8. The van der Waals surface area contributed by atoms with E-state index < -0.39 is 5.41 Å². The third kappa shape index (κ3) is 10.4. The lowest BCUT2D eigenvalue weighted by Crippen LogP contribution is -2.40. The summed E-state index contributed by atoms with van der Waals surface area (Å²) in [6, 6.07) is 0. The molecule has 136 valence electrons. The summed E-state index contributed by atoms with van der Waals surface area (Å²) in [5, 5.41) is 2.89. The summed E-state index contributed by atoms with van der Waals surface area (Å²) in [6.07, 6.45) is 2.47. The Kier molecular flexibility index (Phi) is 10.3. The van der Waals surface area contributed by atoms with Gasteiger partial charge in [-0.05, 0) is 33.6 Å². The molecule has 0 aliphatic heterocycles. The Morgan fingerprint density at radius 2 is 1.65 bits per heavy atom. The molecule has 0 heterocycles. The highest BCUT2D eigenvalue weighted by molar-refractivity contribution is 5.81. The zero-order valence-corrected chi connectivity index (χ0v) is 15.8. The molecule has 0 saturated carbocycles. The van der Waals surface area contributed by atoms with Gasteiger partial charge in [0.25, 0.3) is 0 Å². The molecule has 0 aromatic rings. The van der Waals surface area contributed by atoms with E-state index in [9.17, 15) is 9.59 Å². The van der Waals surface area contributed by atoms with Gasteiger partial charge in [0.05, 0.1) is 12.2 Å². The topological polar surface area (TPSA) is 64.6 Å². The van der Waals surface area contributed by atoms with E-state index in [-0.39, 0.29) is 17.3 Å². The first-order valence-electron chi connectivity index (χ1n) is 8.66. The van der Waals surface area contributed by atoms with E-state index in [1.54, 1.807) is 0 Å². The van der Waals surface area contributed by atoms with Crippen molar-refractivity contribution < 1.29 is 19.1 Å². The van der Waals surface area contributed by atoms with Crippen LogP contribution in [-0.4, -0.2) is 43.7 Å². The largest absolute Gasteiger partial charge is 0.380 e. The Labute approximate surface area is 141 Å². The zero-order chi connectivity index (χ0) is 17.9. The van der Waals surface area contributed by atoms with Gasteiger partial charge < -0.3 is 14.8 Å². The van der Waals surface area contributed by atoms with Gasteiger partial charge in [0.15, 0.2) is 0 Å². The minimum absolute atomic E-state index is 0.0137. The second-order valence-corrected chi connectivity index (χ2v) is 7.09. The average Bonchev–Trinajstić information content (AvgIpc) is 2.48. The van der Waals surface area contributed by atoms with Crippen LogP contribution in [0.2, 0.25) is 0 Å². The van der Waals surface area contributed by atoms with Gasteiger partial charge in [-0.25, -0.2) is 0 Å². The van der Waals surface area contributed by atoms with Crippen molar-refractivity contribution in [3.8, 4) is 0 Å². The minimum Gasteiger partial charge on any atom is -0.380 e. The fourth-order valence-electron chi connectivity index (χ4n) is 2.01.